The molecule has 0 radical (unpaired) electrons. The van der Waals surface area contributed by atoms with Crippen LogP contribution in [0.3, 0.4) is 0 Å². The van der Waals surface area contributed by atoms with Gasteiger partial charge in [-0.05, 0) is 17.9 Å². The molecule has 0 aromatic carbocycles. The fourth-order valence-electron chi connectivity index (χ4n) is 1.26. The van der Waals surface area contributed by atoms with Crippen molar-refractivity contribution in [2.45, 2.75) is 26.8 Å². The van der Waals surface area contributed by atoms with Gasteiger partial charge in [0.1, 0.15) is 13.2 Å². The molecule has 18 heavy (non-hydrogen) atoms. The molecule has 100 valence electrons. The molecule has 0 aliphatic carbocycles. The van der Waals surface area contributed by atoms with E-state index >= 15 is 0 Å². The highest BCUT2D eigenvalue weighted by Crippen LogP contribution is 2.07. The van der Waals surface area contributed by atoms with E-state index in [0.717, 1.165) is 11.3 Å². The second-order valence-corrected chi connectivity index (χ2v) is 5.16. The molecule has 0 spiro atoms. The lowest BCUT2D eigenvalue weighted by atomic mass is 10.1. The van der Waals surface area contributed by atoms with Crippen LogP contribution in [-0.4, -0.2) is 24.9 Å². The van der Waals surface area contributed by atoms with Gasteiger partial charge in [0.05, 0.1) is 6.54 Å². The van der Waals surface area contributed by atoms with Gasteiger partial charge in [0.25, 0.3) is 0 Å². The highest BCUT2D eigenvalue weighted by Gasteiger charge is 2.11. The van der Waals surface area contributed by atoms with Crippen LogP contribution in [0.25, 0.3) is 0 Å². The van der Waals surface area contributed by atoms with Crippen molar-refractivity contribution < 1.29 is 14.3 Å². The van der Waals surface area contributed by atoms with E-state index in [9.17, 15) is 9.59 Å². The maximum absolute atomic E-state index is 11.4. The quantitative estimate of drug-likeness (QED) is 0.785. The van der Waals surface area contributed by atoms with E-state index in [0.29, 0.717) is 6.54 Å². The Morgan fingerprint density at radius 1 is 1.44 bits per heavy atom. The molecule has 0 aliphatic heterocycles. The summed E-state index contributed by atoms with van der Waals surface area (Å²) in [6.07, 6.45) is 0.798. The summed E-state index contributed by atoms with van der Waals surface area (Å²) in [6.45, 7) is 4.28. The molecule has 0 bridgehead atoms. The molecule has 1 amide bonds. The first kappa shape index (κ1) is 14.9. The molecular formula is C13H19NO3S. The SMILES string of the molecule is CCC(C)C(=O)COCC(=O)NCc1cccs1. The lowest BCUT2D eigenvalue weighted by molar-refractivity contribution is -0.131. The Morgan fingerprint density at radius 3 is 2.83 bits per heavy atom. The van der Waals surface area contributed by atoms with E-state index in [1.165, 1.54) is 0 Å². The first-order chi connectivity index (χ1) is 8.63. The fraction of sp³-hybridized carbons (Fsp3) is 0.538. The average Bonchev–Trinajstić information content (AvgIpc) is 2.88. The zero-order valence-electron chi connectivity index (χ0n) is 10.8. The Morgan fingerprint density at radius 2 is 2.22 bits per heavy atom. The van der Waals surface area contributed by atoms with Crippen molar-refractivity contribution in [3.05, 3.63) is 22.4 Å². The van der Waals surface area contributed by atoms with Gasteiger partial charge in [-0.2, -0.15) is 0 Å². The van der Waals surface area contributed by atoms with Crippen molar-refractivity contribution in [2.24, 2.45) is 5.92 Å². The molecule has 0 fully saturated rings. The number of ketones is 1. The first-order valence-electron chi connectivity index (χ1n) is 6.03. The van der Waals surface area contributed by atoms with Crippen molar-refractivity contribution in [3.63, 3.8) is 0 Å². The summed E-state index contributed by atoms with van der Waals surface area (Å²) in [6, 6.07) is 3.89. The predicted molar refractivity (Wildman–Crippen MR) is 71.4 cm³/mol. The summed E-state index contributed by atoms with van der Waals surface area (Å²) >= 11 is 1.59. The van der Waals surface area contributed by atoms with E-state index in [2.05, 4.69) is 5.32 Å². The van der Waals surface area contributed by atoms with E-state index < -0.39 is 0 Å². The zero-order chi connectivity index (χ0) is 13.4. The van der Waals surface area contributed by atoms with E-state index in [-0.39, 0.29) is 30.8 Å². The molecule has 1 heterocycles. The van der Waals surface area contributed by atoms with Crippen molar-refractivity contribution >= 4 is 23.0 Å². The summed E-state index contributed by atoms with van der Waals surface area (Å²) in [4.78, 5) is 24.0. The number of hydrogen-bond acceptors (Lipinski definition) is 4. The monoisotopic (exact) mass is 269 g/mol. The Labute approximate surface area is 111 Å². The zero-order valence-corrected chi connectivity index (χ0v) is 11.6. The molecule has 5 heteroatoms. The molecule has 1 aromatic rings. The van der Waals surface area contributed by atoms with Crippen LogP contribution in [-0.2, 0) is 20.9 Å². The largest absolute Gasteiger partial charge is 0.364 e. The maximum atomic E-state index is 11.4. The van der Waals surface area contributed by atoms with Gasteiger partial charge in [0, 0.05) is 10.8 Å². The molecule has 1 N–H and O–H groups in total. The molecule has 4 nitrogen and oxygen atoms in total. The van der Waals surface area contributed by atoms with Crippen LogP contribution in [0.5, 0.6) is 0 Å². The van der Waals surface area contributed by atoms with Gasteiger partial charge in [-0.1, -0.05) is 19.9 Å². The summed E-state index contributed by atoms with van der Waals surface area (Å²) in [5, 5.41) is 4.70. The molecule has 0 saturated heterocycles. The van der Waals surface area contributed by atoms with Gasteiger partial charge < -0.3 is 10.1 Å². The second-order valence-electron chi connectivity index (χ2n) is 4.12. The number of carbonyl (C=O) groups excluding carboxylic acids is 2. The summed E-state index contributed by atoms with van der Waals surface area (Å²) in [5.74, 6) is -0.150. The molecule has 1 aromatic heterocycles. The Bertz CT molecular complexity index is 376. The summed E-state index contributed by atoms with van der Waals surface area (Å²) in [5.41, 5.74) is 0. The predicted octanol–water partition coefficient (Wildman–Crippen LogP) is 2.00. The van der Waals surface area contributed by atoms with Crippen LogP contribution in [0.1, 0.15) is 25.1 Å². The van der Waals surface area contributed by atoms with Gasteiger partial charge >= 0.3 is 0 Å². The second kappa shape index (κ2) is 8.00. The number of carbonyl (C=O) groups is 2. The van der Waals surface area contributed by atoms with Crippen LogP contribution < -0.4 is 5.32 Å². The van der Waals surface area contributed by atoms with Crippen LogP contribution in [0, 0.1) is 5.92 Å². The molecule has 0 aliphatic rings. The highest BCUT2D eigenvalue weighted by molar-refractivity contribution is 7.09. The average molecular weight is 269 g/mol. The molecular weight excluding hydrogens is 250 g/mol. The third-order valence-electron chi connectivity index (χ3n) is 2.68. The van der Waals surface area contributed by atoms with Crippen LogP contribution in [0.15, 0.2) is 17.5 Å². The number of hydrogen-bond donors (Lipinski definition) is 1. The topological polar surface area (TPSA) is 55.4 Å². The van der Waals surface area contributed by atoms with Crippen LogP contribution >= 0.6 is 11.3 Å². The van der Waals surface area contributed by atoms with Gasteiger partial charge in [0.2, 0.25) is 5.91 Å². The Kier molecular flexibility index (Phi) is 6.60. The molecule has 1 atom stereocenters. The van der Waals surface area contributed by atoms with E-state index in [4.69, 9.17) is 4.74 Å². The third kappa shape index (κ3) is 5.42. The maximum Gasteiger partial charge on any atom is 0.246 e. The minimum absolute atomic E-state index is 0.000759. The first-order valence-corrected chi connectivity index (χ1v) is 6.91. The van der Waals surface area contributed by atoms with Crippen molar-refractivity contribution in [3.8, 4) is 0 Å². The smallest absolute Gasteiger partial charge is 0.246 e. The van der Waals surface area contributed by atoms with Crippen molar-refractivity contribution in [2.75, 3.05) is 13.2 Å². The van der Waals surface area contributed by atoms with Crippen molar-refractivity contribution in [1.82, 2.24) is 5.32 Å². The van der Waals surface area contributed by atoms with E-state index in [1.807, 2.05) is 31.4 Å². The number of Topliss-reactive ketones (excluding diaryl/α,β-unsaturated/α-hetero) is 1. The van der Waals surface area contributed by atoms with Gasteiger partial charge in [-0.15, -0.1) is 11.3 Å². The summed E-state index contributed by atoms with van der Waals surface area (Å²) < 4.78 is 5.09. The third-order valence-corrected chi connectivity index (χ3v) is 3.56. The number of amides is 1. The minimum Gasteiger partial charge on any atom is -0.364 e. The Balaban J connectivity index is 2.12. The number of ether oxygens (including phenoxy) is 1. The standard InChI is InChI=1S/C13H19NO3S/c1-3-10(2)12(15)8-17-9-13(16)14-7-11-5-4-6-18-11/h4-6,10H,3,7-9H2,1-2H3,(H,14,16). The lowest BCUT2D eigenvalue weighted by Crippen LogP contribution is -2.28. The molecule has 1 rings (SSSR count). The van der Waals surface area contributed by atoms with Crippen LogP contribution in [0.2, 0.25) is 0 Å². The lowest BCUT2D eigenvalue weighted by Gasteiger charge is -2.08. The number of thiophene rings is 1. The number of nitrogens with one attached hydrogen (secondary N) is 1. The van der Waals surface area contributed by atoms with Gasteiger partial charge in [-0.3, -0.25) is 9.59 Å². The van der Waals surface area contributed by atoms with Gasteiger partial charge in [-0.25, -0.2) is 0 Å². The summed E-state index contributed by atoms with van der Waals surface area (Å²) in [7, 11) is 0. The Hall–Kier alpha value is -1.20. The molecule has 1 unspecified atom stereocenters. The fourth-order valence-corrected chi connectivity index (χ4v) is 1.91. The number of rotatable bonds is 8. The van der Waals surface area contributed by atoms with E-state index in [1.54, 1.807) is 11.3 Å². The minimum atomic E-state index is -0.194. The van der Waals surface area contributed by atoms with Crippen LogP contribution in [0.4, 0.5) is 0 Å². The normalized spacial score (nSPS) is 12.1. The molecule has 0 saturated carbocycles. The van der Waals surface area contributed by atoms with Crippen molar-refractivity contribution in [1.29, 1.82) is 0 Å². The highest BCUT2D eigenvalue weighted by atomic mass is 32.1. The van der Waals surface area contributed by atoms with Gasteiger partial charge in [0.15, 0.2) is 5.78 Å².